The fraction of sp³-hybridized carbons (Fsp3) is 0.333. The monoisotopic (exact) mass is 352 g/mol. The fourth-order valence-corrected chi connectivity index (χ4v) is 3.28. The molecule has 2 aromatic carbocycles. The van der Waals surface area contributed by atoms with E-state index in [4.69, 9.17) is 4.74 Å². The van der Waals surface area contributed by atoms with E-state index in [0.717, 1.165) is 31.5 Å². The molecule has 1 atom stereocenters. The number of ether oxygens (including phenoxy) is 1. The number of amides is 2. The average Bonchev–Trinajstić information content (AvgIpc) is 3.22. The second-order valence-corrected chi connectivity index (χ2v) is 6.45. The highest BCUT2D eigenvalue weighted by Gasteiger charge is 2.28. The summed E-state index contributed by atoms with van der Waals surface area (Å²) in [6.07, 6.45) is 2.51. The van der Waals surface area contributed by atoms with Crippen molar-refractivity contribution in [3.05, 3.63) is 65.7 Å². The molecule has 0 aliphatic carbocycles. The van der Waals surface area contributed by atoms with Gasteiger partial charge in [-0.25, -0.2) is 0 Å². The Hall–Kier alpha value is -2.82. The van der Waals surface area contributed by atoms with Crippen molar-refractivity contribution < 1.29 is 14.3 Å². The molecule has 2 amide bonds. The molecule has 1 aliphatic rings. The van der Waals surface area contributed by atoms with E-state index >= 15 is 0 Å². The number of carbonyl (C=O) groups is 2. The van der Waals surface area contributed by atoms with Crippen molar-refractivity contribution in [2.24, 2.45) is 0 Å². The van der Waals surface area contributed by atoms with Crippen molar-refractivity contribution >= 4 is 11.8 Å². The molecule has 0 bridgehead atoms. The van der Waals surface area contributed by atoms with Crippen LogP contribution in [0.1, 0.15) is 28.8 Å². The fourth-order valence-electron chi connectivity index (χ4n) is 3.28. The van der Waals surface area contributed by atoms with E-state index in [1.165, 1.54) is 7.11 Å². The van der Waals surface area contributed by atoms with Crippen LogP contribution in [0.25, 0.3) is 0 Å². The van der Waals surface area contributed by atoms with E-state index < -0.39 is 6.04 Å². The molecule has 136 valence electrons. The minimum atomic E-state index is -0.590. The molecule has 0 spiro atoms. The molecule has 26 heavy (non-hydrogen) atoms. The minimum Gasteiger partial charge on any atom is -0.496 e. The highest BCUT2D eigenvalue weighted by molar-refractivity contribution is 5.99. The van der Waals surface area contributed by atoms with Crippen LogP contribution in [0.2, 0.25) is 0 Å². The first-order valence-corrected chi connectivity index (χ1v) is 8.95. The van der Waals surface area contributed by atoms with Crippen LogP contribution in [0, 0.1) is 0 Å². The summed E-state index contributed by atoms with van der Waals surface area (Å²) in [5.41, 5.74) is 1.45. The summed E-state index contributed by atoms with van der Waals surface area (Å²) in [7, 11) is 1.53. The second kappa shape index (κ2) is 8.52. The van der Waals surface area contributed by atoms with E-state index in [-0.39, 0.29) is 11.8 Å². The number of nitrogens with zero attached hydrogens (tertiary/aromatic N) is 1. The number of carbonyl (C=O) groups excluding carboxylic acids is 2. The Morgan fingerprint density at radius 2 is 1.69 bits per heavy atom. The predicted octanol–water partition coefficient (Wildman–Crippen LogP) is 2.66. The molecule has 1 fully saturated rings. The highest BCUT2D eigenvalue weighted by atomic mass is 16.5. The number of likely N-dealkylation sites (tertiary alicyclic amines) is 1. The number of hydrogen-bond donors (Lipinski definition) is 1. The molecule has 5 nitrogen and oxygen atoms in total. The Kier molecular flexibility index (Phi) is 5.89. The van der Waals surface area contributed by atoms with Crippen LogP contribution in [-0.4, -0.2) is 43.0 Å². The quantitative estimate of drug-likeness (QED) is 0.869. The summed E-state index contributed by atoms with van der Waals surface area (Å²) in [6, 6.07) is 16.2. The van der Waals surface area contributed by atoms with Gasteiger partial charge >= 0.3 is 0 Å². The maximum atomic E-state index is 13.0. The van der Waals surface area contributed by atoms with Crippen LogP contribution in [0.5, 0.6) is 5.75 Å². The first kappa shape index (κ1) is 18.0. The third kappa shape index (κ3) is 4.23. The molecule has 0 radical (unpaired) electrons. The molecule has 0 saturated carbocycles. The summed E-state index contributed by atoms with van der Waals surface area (Å²) in [4.78, 5) is 27.6. The lowest BCUT2D eigenvalue weighted by atomic mass is 10.0. The molecule has 5 heteroatoms. The molecule has 2 aromatic rings. The van der Waals surface area contributed by atoms with Crippen molar-refractivity contribution in [1.82, 2.24) is 10.2 Å². The van der Waals surface area contributed by atoms with Crippen LogP contribution in [0.15, 0.2) is 54.6 Å². The molecule has 1 unspecified atom stereocenters. The van der Waals surface area contributed by atoms with Gasteiger partial charge in [0.05, 0.1) is 12.7 Å². The maximum absolute atomic E-state index is 13.0. The van der Waals surface area contributed by atoms with Crippen LogP contribution < -0.4 is 10.1 Å². The van der Waals surface area contributed by atoms with Crippen LogP contribution in [0.3, 0.4) is 0 Å². The second-order valence-electron chi connectivity index (χ2n) is 6.45. The molecular weight excluding hydrogens is 328 g/mol. The summed E-state index contributed by atoms with van der Waals surface area (Å²) in [5.74, 6) is 0.183. The summed E-state index contributed by atoms with van der Waals surface area (Å²) in [6.45, 7) is 1.52. The predicted molar refractivity (Wildman–Crippen MR) is 100 cm³/mol. The summed E-state index contributed by atoms with van der Waals surface area (Å²) < 4.78 is 5.27. The Labute approximate surface area is 154 Å². The Morgan fingerprint density at radius 1 is 1.04 bits per heavy atom. The van der Waals surface area contributed by atoms with Crippen LogP contribution >= 0.6 is 0 Å². The number of benzene rings is 2. The van der Waals surface area contributed by atoms with Gasteiger partial charge in [0.2, 0.25) is 5.91 Å². The standard InChI is InChI=1S/C21H24N2O3/c1-26-19-12-6-5-11-17(19)20(24)22-18(15-16-9-3-2-4-10-16)21(25)23-13-7-8-14-23/h2-6,9-12,18H,7-8,13-15H2,1H3,(H,22,24). The largest absolute Gasteiger partial charge is 0.496 e. The lowest BCUT2D eigenvalue weighted by Gasteiger charge is -2.24. The molecule has 1 N–H and O–H groups in total. The topological polar surface area (TPSA) is 58.6 Å². The van der Waals surface area contributed by atoms with E-state index in [0.29, 0.717) is 17.7 Å². The Morgan fingerprint density at radius 3 is 2.38 bits per heavy atom. The number of rotatable bonds is 6. The SMILES string of the molecule is COc1ccccc1C(=O)NC(Cc1ccccc1)C(=O)N1CCCC1. The van der Waals surface area contributed by atoms with Crippen molar-refractivity contribution in [2.45, 2.75) is 25.3 Å². The normalized spacial score (nSPS) is 14.7. The highest BCUT2D eigenvalue weighted by Crippen LogP contribution is 2.18. The molecule has 3 rings (SSSR count). The van der Waals surface area contributed by atoms with Crippen molar-refractivity contribution in [3.8, 4) is 5.75 Å². The third-order valence-corrected chi connectivity index (χ3v) is 4.66. The zero-order chi connectivity index (χ0) is 18.4. The van der Waals surface area contributed by atoms with Crippen molar-refractivity contribution in [2.75, 3.05) is 20.2 Å². The number of para-hydroxylation sites is 1. The van der Waals surface area contributed by atoms with Gasteiger partial charge in [-0.2, -0.15) is 0 Å². The van der Waals surface area contributed by atoms with Gasteiger partial charge in [-0.1, -0.05) is 42.5 Å². The van der Waals surface area contributed by atoms with Crippen LogP contribution in [0.4, 0.5) is 0 Å². The maximum Gasteiger partial charge on any atom is 0.255 e. The Bertz CT molecular complexity index is 755. The lowest BCUT2D eigenvalue weighted by molar-refractivity contribution is -0.132. The van der Waals surface area contributed by atoms with Gasteiger partial charge in [0, 0.05) is 19.5 Å². The van der Waals surface area contributed by atoms with Crippen LogP contribution in [-0.2, 0) is 11.2 Å². The molecule has 1 aliphatic heterocycles. The third-order valence-electron chi connectivity index (χ3n) is 4.66. The first-order valence-electron chi connectivity index (χ1n) is 8.95. The molecular formula is C21H24N2O3. The van der Waals surface area contributed by atoms with Gasteiger partial charge in [0.1, 0.15) is 11.8 Å². The Balaban J connectivity index is 1.80. The smallest absolute Gasteiger partial charge is 0.255 e. The van der Waals surface area contributed by atoms with Gasteiger partial charge in [0.15, 0.2) is 0 Å². The molecule has 1 saturated heterocycles. The van der Waals surface area contributed by atoms with E-state index in [1.807, 2.05) is 41.3 Å². The zero-order valence-corrected chi connectivity index (χ0v) is 15.0. The van der Waals surface area contributed by atoms with E-state index in [1.54, 1.807) is 18.2 Å². The number of methoxy groups -OCH3 is 1. The number of nitrogens with one attached hydrogen (secondary N) is 1. The summed E-state index contributed by atoms with van der Waals surface area (Å²) in [5, 5.41) is 2.92. The van der Waals surface area contributed by atoms with Gasteiger partial charge < -0.3 is 15.0 Å². The minimum absolute atomic E-state index is 0.0189. The van der Waals surface area contributed by atoms with Gasteiger partial charge in [-0.3, -0.25) is 9.59 Å². The molecule has 0 aromatic heterocycles. The average molecular weight is 352 g/mol. The first-order chi connectivity index (χ1) is 12.7. The lowest BCUT2D eigenvalue weighted by Crippen LogP contribution is -2.49. The summed E-state index contributed by atoms with van der Waals surface area (Å²) >= 11 is 0. The van der Waals surface area contributed by atoms with E-state index in [9.17, 15) is 9.59 Å². The zero-order valence-electron chi connectivity index (χ0n) is 15.0. The van der Waals surface area contributed by atoms with Gasteiger partial charge in [-0.15, -0.1) is 0 Å². The van der Waals surface area contributed by atoms with E-state index in [2.05, 4.69) is 5.32 Å². The van der Waals surface area contributed by atoms with Gasteiger partial charge in [-0.05, 0) is 30.5 Å². The van der Waals surface area contributed by atoms with Gasteiger partial charge in [0.25, 0.3) is 5.91 Å². The van der Waals surface area contributed by atoms with Crippen molar-refractivity contribution in [3.63, 3.8) is 0 Å². The number of hydrogen-bond acceptors (Lipinski definition) is 3. The van der Waals surface area contributed by atoms with Crippen molar-refractivity contribution in [1.29, 1.82) is 0 Å². The molecule has 1 heterocycles.